The van der Waals surface area contributed by atoms with Crippen molar-refractivity contribution in [3.63, 3.8) is 0 Å². The van der Waals surface area contributed by atoms with Crippen LogP contribution in [0.2, 0.25) is 0 Å². The van der Waals surface area contributed by atoms with Gasteiger partial charge in [-0.25, -0.2) is 4.39 Å². The smallest absolute Gasteiger partial charge is 0.251 e. The fourth-order valence-corrected chi connectivity index (χ4v) is 3.61. The molecule has 1 saturated heterocycles. The van der Waals surface area contributed by atoms with E-state index in [-0.39, 0.29) is 11.9 Å². The van der Waals surface area contributed by atoms with E-state index in [9.17, 15) is 9.18 Å². The number of likely N-dealkylation sites (tertiary alicyclic amines) is 1. The summed E-state index contributed by atoms with van der Waals surface area (Å²) < 4.78 is 18.7. The number of hydrogen-bond donors (Lipinski definition) is 1. The predicted octanol–water partition coefficient (Wildman–Crippen LogP) is 4.18. The summed E-state index contributed by atoms with van der Waals surface area (Å²) in [5, 5.41) is 2.99. The molecule has 2 aromatic carbocycles. The van der Waals surface area contributed by atoms with Crippen LogP contribution in [-0.2, 0) is 0 Å². The Kier molecular flexibility index (Phi) is 6.82. The van der Waals surface area contributed by atoms with Crippen molar-refractivity contribution in [3.8, 4) is 5.75 Å². The van der Waals surface area contributed by atoms with Gasteiger partial charge in [0.25, 0.3) is 5.91 Å². The summed E-state index contributed by atoms with van der Waals surface area (Å²) in [5.74, 6) is 0.168. The van der Waals surface area contributed by atoms with Gasteiger partial charge in [0, 0.05) is 12.1 Å². The molecule has 0 radical (unpaired) electrons. The molecule has 1 unspecified atom stereocenters. The highest BCUT2D eigenvalue weighted by atomic mass is 19.1. The monoisotopic (exact) mass is 370 g/mol. The Morgan fingerprint density at radius 3 is 2.44 bits per heavy atom. The van der Waals surface area contributed by atoms with Gasteiger partial charge >= 0.3 is 0 Å². The van der Waals surface area contributed by atoms with E-state index in [1.54, 1.807) is 19.2 Å². The van der Waals surface area contributed by atoms with Crippen molar-refractivity contribution in [2.75, 3.05) is 26.7 Å². The molecule has 1 N–H and O–H groups in total. The molecule has 1 amide bonds. The Morgan fingerprint density at radius 1 is 1.11 bits per heavy atom. The first-order chi connectivity index (χ1) is 13.2. The number of nitrogens with one attached hydrogen (secondary N) is 1. The Morgan fingerprint density at radius 2 is 1.81 bits per heavy atom. The molecule has 0 saturated carbocycles. The van der Waals surface area contributed by atoms with Gasteiger partial charge < -0.3 is 10.1 Å². The van der Waals surface area contributed by atoms with Crippen LogP contribution in [0.5, 0.6) is 5.75 Å². The molecule has 1 aliphatic rings. The lowest BCUT2D eigenvalue weighted by molar-refractivity contribution is 0.0932. The molecular weight excluding hydrogens is 343 g/mol. The molecule has 0 spiro atoms. The molecule has 0 bridgehead atoms. The van der Waals surface area contributed by atoms with Gasteiger partial charge in [-0.2, -0.15) is 0 Å². The normalized spacial score (nSPS) is 16.4. The largest absolute Gasteiger partial charge is 0.497 e. The summed E-state index contributed by atoms with van der Waals surface area (Å²) in [6, 6.07) is 13.9. The number of methoxy groups -OCH3 is 1. The van der Waals surface area contributed by atoms with Crippen LogP contribution >= 0.6 is 0 Å². The van der Waals surface area contributed by atoms with Crippen LogP contribution in [0.1, 0.15) is 47.6 Å². The molecule has 27 heavy (non-hydrogen) atoms. The zero-order chi connectivity index (χ0) is 19.1. The first-order valence-corrected chi connectivity index (χ1v) is 9.59. The highest BCUT2D eigenvalue weighted by Gasteiger charge is 2.22. The number of benzene rings is 2. The standard InChI is InChI=1S/C22H27FN2O2/c1-27-20-11-9-17(10-12-20)21(25-13-4-2-3-5-14-25)16-24-22(26)18-7-6-8-19(23)15-18/h6-12,15,21H,2-5,13-14,16H2,1H3,(H,24,26). The Labute approximate surface area is 160 Å². The quantitative estimate of drug-likeness (QED) is 0.829. The zero-order valence-electron chi connectivity index (χ0n) is 15.8. The van der Waals surface area contributed by atoms with Crippen molar-refractivity contribution < 1.29 is 13.9 Å². The van der Waals surface area contributed by atoms with E-state index in [1.807, 2.05) is 12.1 Å². The topological polar surface area (TPSA) is 41.6 Å². The second-order valence-electron chi connectivity index (χ2n) is 6.96. The highest BCUT2D eigenvalue weighted by Crippen LogP contribution is 2.25. The molecule has 3 rings (SSSR count). The van der Waals surface area contributed by atoms with Gasteiger partial charge in [0.1, 0.15) is 11.6 Å². The van der Waals surface area contributed by atoms with Crippen LogP contribution in [0.4, 0.5) is 4.39 Å². The maximum Gasteiger partial charge on any atom is 0.251 e. The van der Waals surface area contributed by atoms with Gasteiger partial charge in [0.15, 0.2) is 0 Å². The molecule has 4 nitrogen and oxygen atoms in total. The minimum Gasteiger partial charge on any atom is -0.497 e. The van der Waals surface area contributed by atoms with Gasteiger partial charge in [-0.3, -0.25) is 9.69 Å². The zero-order valence-corrected chi connectivity index (χ0v) is 15.8. The summed E-state index contributed by atoms with van der Waals surface area (Å²) in [5.41, 5.74) is 1.50. The fraction of sp³-hybridized carbons (Fsp3) is 0.409. The Bertz CT molecular complexity index is 740. The Hall–Kier alpha value is -2.40. The van der Waals surface area contributed by atoms with Crippen LogP contribution in [-0.4, -0.2) is 37.6 Å². The molecule has 1 fully saturated rings. The minimum absolute atomic E-state index is 0.0894. The van der Waals surface area contributed by atoms with Crippen molar-refractivity contribution >= 4 is 5.91 Å². The van der Waals surface area contributed by atoms with Crippen LogP contribution in [0.25, 0.3) is 0 Å². The highest BCUT2D eigenvalue weighted by molar-refractivity contribution is 5.94. The third kappa shape index (κ3) is 5.30. The van der Waals surface area contributed by atoms with E-state index in [2.05, 4.69) is 22.3 Å². The van der Waals surface area contributed by atoms with E-state index in [1.165, 1.54) is 37.8 Å². The lowest BCUT2D eigenvalue weighted by atomic mass is 10.0. The van der Waals surface area contributed by atoms with Gasteiger partial charge in [-0.1, -0.05) is 31.0 Å². The number of halogens is 1. The van der Waals surface area contributed by atoms with E-state index in [0.717, 1.165) is 24.4 Å². The average Bonchev–Trinajstić information content (AvgIpc) is 2.98. The molecule has 2 aromatic rings. The van der Waals surface area contributed by atoms with E-state index in [4.69, 9.17) is 4.74 Å². The molecule has 1 heterocycles. The first-order valence-electron chi connectivity index (χ1n) is 9.59. The van der Waals surface area contributed by atoms with Crippen molar-refractivity contribution in [1.82, 2.24) is 10.2 Å². The average molecular weight is 370 g/mol. The molecule has 5 heteroatoms. The number of amides is 1. The Balaban J connectivity index is 1.75. The SMILES string of the molecule is COc1ccc(C(CNC(=O)c2cccc(F)c2)N2CCCCCC2)cc1. The van der Waals surface area contributed by atoms with Crippen LogP contribution < -0.4 is 10.1 Å². The van der Waals surface area contributed by atoms with E-state index < -0.39 is 5.82 Å². The summed E-state index contributed by atoms with van der Waals surface area (Å²) in [6.07, 6.45) is 4.85. The second kappa shape index (κ2) is 9.51. The number of carbonyl (C=O) groups excluding carboxylic acids is 1. The number of ether oxygens (including phenoxy) is 1. The maximum atomic E-state index is 13.4. The predicted molar refractivity (Wildman–Crippen MR) is 105 cm³/mol. The van der Waals surface area contributed by atoms with Crippen LogP contribution in [0, 0.1) is 5.82 Å². The summed E-state index contributed by atoms with van der Waals surface area (Å²) in [4.78, 5) is 14.9. The lowest BCUT2D eigenvalue weighted by Gasteiger charge is -2.31. The van der Waals surface area contributed by atoms with E-state index in [0.29, 0.717) is 12.1 Å². The number of hydrogen-bond acceptors (Lipinski definition) is 3. The molecule has 1 aliphatic heterocycles. The molecule has 0 aromatic heterocycles. The third-order valence-corrected chi connectivity index (χ3v) is 5.12. The van der Waals surface area contributed by atoms with Gasteiger partial charge in [0.05, 0.1) is 13.2 Å². The van der Waals surface area contributed by atoms with Gasteiger partial charge in [-0.15, -0.1) is 0 Å². The third-order valence-electron chi connectivity index (χ3n) is 5.12. The summed E-state index contributed by atoms with van der Waals surface area (Å²) in [6.45, 7) is 2.53. The number of rotatable bonds is 6. The lowest BCUT2D eigenvalue weighted by Crippen LogP contribution is -2.38. The van der Waals surface area contributed by atoms with Gasteiger partial charge in [-0.05, 0) is 61.8 Å². The fourth-order valence-electron chi connectivity index (χ4n) is 3.61. The molecular formula is C22H27FN2O2. The van der Waals surface area contributed by atoms with Crippen molar-refractivity contribution in [2.45, 2.75) is 31.7 Å². The molecule has 1 atom stereocenters. The summed E-state index contributed by atoms with van der Waals surface area (Å²) in [7, 11) is 1.65. The van der Waals surface area contributed by atoms with Gasteiger partial charge in [0.2, 0.25) is 0 Å². The number of carbonyl (C=O) groups is 1. The molecule has 0 aliphatic carbocycles. The molecule has 144 valence electrons. The minimum atomic E-state index is -0.401. The van der Waals surface area contributed by atoms with Crippen LogP contribution in [0.3, 0.4) is 0 Å². The van der Waals surface area contributed by atoms with Crippen molar-refractivity contribution in [1.29, 1.82) is 0 Å². The maximum absolute atomic E-state index is 13.4. The number of nitrogens with zero attached hydrogens (tertiary/aromatic N) is 1. The van der Waals surface area contributed by atoms with Crippen molar-refractivity contribution in [2.24, 2.45) is 0 Å². The van der Waals surface area contributed by atoms with Crippen LogP contribution in [0.15, 0.2) is 48.5 Å². The first kappa shape index (κ1) is 19.4. The summed E-state index contributed by atoms with van der Waals surface area (Å²) >= 11 is 0. The van der Waals surface area contributed by atoms with Crippen molar-refractivity contribution in [3.05, 3.63) is 65.5 Å². The van der Waals surface area contributed by atoms with E-state index >= 15 is 0 Å². The second-order valence-corrected chi connectivity index (χ2v) is 6.96.